The Morgan fingerprint density at radius 3 is 2.00 bits per heavy atom. The first kappa shape index (κ1) is 9.82. The summed E-state index contributed by atoms with van der Waals surface area (Å²) in [5, 5.41) is 8.90. The average molecular weight is 114 g/mol. The minimum absolute atomic E-state index is 0. The van der Waals surface area contributed by atoms with Crippen LogP contribution in [0.2, 0.25) is 0 Å². The van der Waals surface area contributed by atoms with Crippen LogP contribution in [-0.2, 0) is 0 Å². The van der Waals surface area contributed by atoms with Gasteiger partial charge in [0, 0.05) is 0 Å². The Balaban J connectivity index is 0. The number of nitrogens with two attached hydrogens (primary N) is 1. The van der Waals surface area contributed by atoms with E-state index in [9.17, 15) is 0 Å². The maximum atomic E-state index is 9.11. The van der Waals surface area contributed by atoms with Crippen LogP contribution in [-0.4, -0.2) is 5.11 Å². The molecule has 3 N–H and O–H groups in total. The minimum atomic E-state index is -0.218. The molecule has 0 rings (SSSR count). The van der Waals surface area contributed by atoms with E-state index in [1.165, 1.54) is 5.48 Å². The van der Waals surface area contributed by atoms with Crippen molar-refractivity contribution in [3.05, 3.63) is 5.21 Å². The molecule has 0 bridgehead atoms. The van der Waals surface area contributed by atoms with E-state index >= 15 is 0 Å². The molecule has 0 saturated heterocycles. The summed E-state index contributed by atoms with van der Waals surface area (Å²) in [6.45, 7) is 0. The van der Waals surface area contributed by atoms with Gasteiger partial charge in [0.15, 0.2) is 5.11 Å². The molecule has 0 heterocycles. The second-order valence-corrected chi connectivity index (χ2v) is 0.906. The summed E-state index contributed by atoms with van der Waals surface area (Å²) in [6.07, 6.45) is 0. The fraction of sp³-hybridized carbons (Fsp3) is 0. The van der Waals surface area contributed by atoms with Crippen LogP contribution in [0.3, 0.4) is 0 Å². The Hall–Kier alpha value is 0.650. The maximum absolute atomic E-state index is 9.11. The average Bonchev–Trinajstić information content (AvgIpc) is 1.38. The molecular weight excluding hydrogens is 111 g/mol. The molecule has 0 atom stereocenters. The van der Waals surface area contributed by atoms with E-state index in [0.717, 1.165) is 0 Å². The third-order valence-corrected chi connectivity index (χ3v) is 0.184. The zero-order chi connectivity index (χ0) is 4.28. The molecule has 5 heteroatoms. The first-order valence-corrected chi connectivity index (χ1v) is 1.36. The molecule has 30 valence electrons. The molecule has 0 aliphatic rings. The van der Waals surface area contributed by atoms with Crippen molar-refractivity contribution in [3.8, 4) is 0 Å². The summed E-state index contributed by atoms with van der Waals surface area (Å²) in [5.41, 5.74) is 5.89. The van der Waals surface area contributed by atoms with Crippen LogP contribution in [0.25, 0.3) is 0 Å². The Morgan fingerprint density at radius 1 is 1.83 bits per heavy atom. The maximum Gasteiger partial charge on any atom is 1.00 e. The number of hydroxylamine groups is 1. The van der Waals surface area contributed by atoms with E-state index in [-0.39, 0.29) is 34.7 Å². The predicted molar refractivity (Wildman–Crippen MR) is 23.3 cm³/mol. The Kier molecular flexibility index (Phi) is 9.25. The molecule has 0 spiro atoms. The van der Waals surface area contributed by atoms with E-state index in [2.05, 4.69) is 18.0 Å². The molecule has 0 aliphatic carbocycles. The van der Waals surface area contributed by atoms with E-state index in [4.69, 9.17) is 5.21 Å². The van der Waals surface area contributed by atoms with E-state index in [1.807, 2.05) is 0 Å². The summed E-state index contributed by atoms with van der Waals surface area (Å²) in [7, 11) is 0. The molecule has 0 amide bonds. The van der Waals surface area contributed by atoms with Crippen molar-refractivity contribution in [1.82, 2.24) is 5.48 Å². The van der Waals surface area contributed by atoms with Gasteiger partial charge in [-0.25, -0.2) is 0 Å². The van der Waals surface area contributed by atoms with Gasteiger partial charge in [-0.2, -0.15) is 0 Å². The van der Waals surface area contributed by atoms with Crippen LogP contribution in [0.5, 0.6) is 0 Å². The number of hydrogen-bond donors (Lipinski definition) is 2. The molecule has 0 aliphatic heterocycles. The molecule has 3 nitrogen and oxygen atoms in total. The molecule has 0 aromatic rings. The van der Waals surface area contributed by atoms with E-state index in [0.29, 0.717) is 0 Å². The summed E-state index contributed by atoms with van der Waals surface area (Å²) in [6, 6.07) is 0. The quantitative estimate of drug-likeness (QED) is 0.193. The summed E-state index contributed by atoms with van der Waals surface area (Å²) in [5.74, 6) is 0. The summed E-state index contributed by atoms with van der Waals surface area (Å²) < 4.78 is 0. The van der Waals surface area contributed by atoms with Gasteiger partial charge in [-0.05, 0) is 12.2 Å². The molecule has 0 radical (unpaired) electrons. The fourth-order valence-corrected chi connectivity index (χ4v) is 0. The van der Waals surface area contributed by atoms with Gasteiger partial charge in [0.05, 0.1) is 0 Å². The van der Waals surface area contributed by atoms with Crippen LogP contribution in [0.4, 0.5) is 0 Å². The molecule has 6 heavy (non-hydrogen) atoms. The SMILES string of the molecule is NC(=S)N[O-].[Na+]. The molecular formula is CH3N2NaOS. The van der Waals surface area contributed by atoms with Crippen LogP contribution < -0.4 is 40.8 Å². The van der Waals surface area contributed by atoms with Crippen molar-refractivity contribution in [2.45, 2.75) is 0 Å². The van der Waals surface area contributed by atoms with Crippen molar-refractivity contribution in [3.63, 3.8) is 0 Å². The van der Waals surface area contributed by atoms with Crippen LogP contribution >= 0.6 is 12.2 Å². The summed E-state index contributed by atoms with van der Waals surface area (Å²) in [4.78, 5) is 0. The normalized spacial score (nSPS) is 5.50. The zero-order valence-electron chi connectivity index (χ0n) is 3.39. The van der Waals surface area contributed by atoms with Crippen LogP contribution in [0, 0.1) is 5.21 Å². The third-order valence-electron chi connectivity index (χ3n) is 0.101. The predicted octanol–water partition coefficient (Wildman–Crippen LogP) is -3.68. The van der Waals surface area contributed by atoms with Gasteiger partial charge in [-0.3, -0.25) is 0 Å². The second kappa shape index (κ2) is 5.65. The smallest absolute Gasteiger partial charge is 0.759 e. The van der Waals surface area contributed by atoms with Gasteiger partial charge in [0.2, 0.25) is 0 Å². The van der Waals surface area contributed by atoms with Crippen molar-refractivity contribution in [1.29, 1.82) is 0 Å². The first-order chi connectivity index (χ1) is 2.27. The van der Waals surface area contributed by atoms with Gasteiger partial charge in [-0.15, -0.1) is 0 Å². The second-order valence-electron chi connectivity index (χ2n) is 0.466. The van der Waals surface area contributed by atoms with Crippen molar-refractivity contribution in [2.75, 3.05) is 0 Å². The van der Waals surface area contributed by atoms with Crippen LogP contribution in [0.15, 0.2) is 0 Å². The minimum Gasteiger partial charge on any atom is -0.759 e. The number of nitrogens with one attached hydrogen (secondary N) is 1. The fourth-order valence-electron chi connectivity index (χ4n) is 0. The van der Waals surface area contributed by atoms with Gasteiger partial charge in [0.25, 0.3) is 0 Å². The molecule has 0 fully saturated rings. The molecule has 0 unspecified atom stereocenters. The Morgan fingerprint density at radius 2 is 2.00 bits per heavy atom. The van der Waals surface area contributed by atoms with E-state index < -0.39 is 0 Å². The third kappa shape index (κ3) is 8.82. The number of thiocarbonyl (C=S) groups is 1. The van der Waals surface area contributed by atoms with Crippen LogP contribution in [0.1, 0.15) is 0 Å². The monoisotopic (exact) mass is 114 g/mol. The summed E-state index contributed by atoms with van der Waals surface area (Å²) >= 11 is 4.05. The largest absolute Gasteiger partial charge is 1.00 e. The zero-order valence-corrected chi connectivity index (χ0v) is 6.21. The van der Waals surface area contributed by atoms with Crippen molar-refractivity contribution in [2.24, 2.45) is 5.73 Å². The standard InChI is InChI=1S/CH3N2OS.Na/c2-1(5)3-4;/h(H3-,2,3,4,5);/q-1;+1. The topological polar surface area (TPSA) is 61.1 Å². The first-order valence-electron chi connectivity index (χ1n) is 0.947. The Labute approximate surface area is 63.1 Å². The van der Waals surface area contributed by atoms with Gasteiger partial charge in [0.1, 0.15) is 0 Å². The van der Waals surface area contributed by atoms with Crippen molar-refractivity contribution >= 4 is 17.3 Å². The molecule has 0 saturated carbocycles. The number of hydrogen-bond acceptors (Lipinski definition) is 2. The molecule has 0 aromatic carbocycles. The van der Waals surface area contributed by atoms with Gasteiger partial charge < -0.3 is 16.4 Å². The van der Waals surface area contributed by atoms with E-state index in [1.54, 1.807) is 0 Å². The molecule has 0 aromatic heterocycles. The van der Waals surface area contributed by atoms with Gasteiger partial charge >= 0.3 is 29.6 Å². The van der Waals surface area contributed by atoms with Crippen molar-refractivity contribution < 1.29 is 29.6 Å². The van der Waals surface area contributed by atoms with Gasteiger partial charge in [-0.1, -0.05) is 0 Å². The number of rotatable bonds is 0. The Bertz CT molecular complexity index is 48.8.